The molecule has 0 aliphatic heterocycles. The van der Waals surface area contributed by atoms with Gasteiger partial charge in [0.15, 0.2) is 0 Å². The standard InChI is InChI=1S/C17H18N4O/c1-22-16-8-6-15(7-9-16)17-11-19-20-21(17)12-14-4-2-13(10-18)3-5-14/h2-9,11H,10,12,18H2,1H3. The maximum absolute atomic E-state index is 5.62. The Morgan fingerprint density at radius 3 is 2.32 bits per heavy atom. The van der Waals surface area contributed by atoms with Crippen molar-refractivity contribution in [3.05, 3.63) is 65.9 Å². The first-order valence-electron chi connectivity index (χ1n) is 7.11. The molecule has 22 heavy (non-hydrogen) atoms. The second kappa shape index (κ2) is 6.41. The van der Waals surface area contributed by atoms with Crippen LogP contribution in [0.25, 0.3) is 11.3 Å². The molecule has 2 aromatic carbocycles. The Kier molecular flexibility index (Phi) is 4.16. The van der Waals surface area contributed by atoms with E-state index in [2.05, 4.69) is 22.4 Å². The van der Waals surface area contributed by atoms with Crippen molar-refractivity contribution < 1.29 is 4.74 Å². The number of hydrogen-bond acceptors (Lipinski definition) is 4. The monoisotopic (exact) mass is 294 g/mol. The van der Waals surface area contributed by atoms with Crippen LogP contribution in [0.5, 0.6) is 5.75 Å². The van der Waals surface area contributed by atoms with Crippen LogP contribution in [0.2, 0.25) is 0 Å². The number of nitrogens with zero attached hydrogens (tertiary/aromatic N) is 3. The van der Waals surface area contributed by atoms with Crippen LogP contribution in [-0.2, 0) is 13.1 Å². The van der Waals surface area contributed by atoms with Gasteiger partial charge in [0.1, 0.15) is 5.75 Å². The Balaban J connectivity index is 1.84. The van der Waals surface area contributed by atoms with Crippen molar-refractivity contribution in [3.8, 4) is 17.0 Å². The minimum Gasteiger partial charge on any atom is -0.497 e. The van der Waals surface area contributed by atoms with E-state index >= 15 is 0 Å². The predicted molar refractivity (Wildman–Crippen MR) is 85.4 cm³/mol. The van der Waals surface area contributed by atoms with Crippen LogP contribution in [0.3, 0.4) is 0 Å². The average molecular weight is 294 g/mol. The normalized spacial score (nSPS) is 10.6. The maximum Gasteiger partial charge on any atom is 0.118 e. The summed E-state index contributed by atoms with van der Waals surface area (Å²) in [6, 6.07) is 16.1. The molecule has 0 spiro atoms. The van der Waals surface area contributed by atoms with E-state index in [1.165, 1.54) is 0 Å². The van der Waals surface area contributed by atoms with Crippen LogP contribution in [0, 0.1) is 0 Å². The van der Waals surface area contributed by atoms with Gasteiger partial charge < -0.3 is 10.5 Å². The van der Waals surface area contributed by atoms with Gasteiger partial charge in [-0.2, -0.15) is 0 Å². The number of methoxy groups -OCH3 is 1. The molecule has 5 nitrogen and oxygen atoms in total. The molecule has 0 fully saturated rings. The highest BCUT2D eigenvalue weighted by atomic mass is 16.5. The average Bonchev–Trinajstić information content (AvgIpc) is 3.04. The van der Waals surface area contributed by atoms with Crippen LogP contribution in [-0.4, -0.2) is 22.1 Å². The van der Waals surface area contributed by atoms with E-state index in [9.17, 15) is 0 Å². The third-order valence-corrected chi connectivity index (χ3v) is 3.59. The number of nitrogens with two attached hydrogens (primary N) is 1. The molecular weight excluding hydrogens is 276 g/mol. The number of benzene rings is 2. The zero-order valence-electron chi connectivity index (χ0n) is 12.4. The molecule has 2 N–H and O–H groups in total. The Morgan fingerprint density at radius 1 is 1.00 bits per heavy atom. The van der Waals surface area contributed by atoms with E-state index in [1.807, 2.05) is 41.1 Å². The van der Waals surface area contributed by atoms with E-state index in [-0.39, 0.29) is 0 Å². The molecule has 0 bridgehead atoms. The highest BCUT2D eigenvalue weighted by Gasteiger charge is 2.07. The number of aromatic nitrogens is 3. The fraction of sp³-hybridized carbons (Fsp3) is 0.176. The molecule has 3 aromatic rings. The Labute approximate surface area is 129 Å². The van der Waals surface area contributed by atoms with Gasteiger partial charge in [0.25, 0.3) is 0 Å². The van der Waals surface area contributed by atoms with Gasteiger partial charge in [-0.25, -0.2) is 4.68 Å². The van der Waals surface area contributed by atoms with Crippen LogP contribution >= 0.6 is 0 Å². The third-order valence-electron chi connectivity index (χ3n) is 3.59. The summed E-state index contributed by atoms with van der Waals surface area (Å²) in [6.45, 7) is 1.23. The summed E-state index contributed by atoms with van der Waals surface area (Å²) in [5, 5.41) is 8.22. The van der Waals surface area contributed by atoms with Crippen LogP contribution in [0.15, 0.2) is 54.7 Å². The molecule has 0 atom stereocenters. The third kappa shape index (κ3) is 2.99. The lowest BCUT2D eigenvalue weighted by atomic mass is 10.1. The van der Waals surface area contributed by atoms with Crippen molar-refractivity contribution >= 4 is 0 Å². The first-order chi connectivity index (χ1) is 10.8. The molecular formula is C17H18N4O. The largest absolute Gasteiger partial charge is 0.497 e. The molecule has 0 unspecified atom stereocenters. The van der Waals surface area contributed by atoms with Gasteiger partial charge in [0.05, 0.1) is 25.5 Å². The quantitative estimate of drug-likeness (QED) is 0.785. The van der Waals surface area contributed by atoms with Crippen LogP contribution < -0.4 is 10.5 Å². The summed E-state index contributed by atoms with van der Waals surface area (Å²) < 4.78 is 7.07. The van der Waals surface area contributed by atoms with Crippen molar-refractivity contribution in [3.63, 3.8) is 0 Å². The minimum atomic E-state index is 0.556. The van der Waals surface area contributed by atoms with Crippen molar-refractivity contribution in [1.82, 2.24) is 15.0 Å². The summed E-state index contributed by atoms with van der Waals surface area (Å²) in [5.74, 6) is 0.833. The number of hydrogen-bond donors (Lipinski definition) is 1. The highest BCUT2D eigenvalue weighted by Crippen LogP contribution is 2.22. The first-order valence-corrected chi connectivity index (χ1v) is 7.11. The zero-order chi connectivity index (χ0) is 15.4. The van der Waals surface area contributed by atoms with Crippen molar-refractivity contribution in [2.24, 2.45) is 5.73 Å². The molecule has 1 aromatic heterocycles. The highest BCUT2D eigenvalue weighted by molar-refractivity contribution is 5.59. The van der Waals surface area contributed by atoms with Crippen LogP contribution in [0.4, 0.5) is 0 Å². The van der Waals surface area contributed by atoms with Crippen molar-refractivity contribution in [2.75, 3.05) is 7.11 Å². The van der Waals surface area contributed by atoms with Gasteiger partial charge in [-0.1, -0.05) is 29.5 Å². The van der Waals surface area contributed by atoms with Gasteiger partial charge in [-0.3, -0.25) is 0 Å². The topological polar surface area (TPSA) is 66.0 Å². The molecule has 0 amide bonds. The molecule has 3 rings (SSSR count). The molecule has 112 valence electrons. The molecule has 0 radical (unpaired) electrons. The van der Waals surface area contributed by atoms with E-state index in [0.29, 0.717) is 13.1 Å². The molecule has 1 heterocycles. The van der Waals surface area contributed by atoms with Crippen LogP contribution in [0.1, 0.15) is 11.1 Å². The molecule has 0 aliphatic rings. The van der Waals surface area contributed by atoms with Crippen molar-refractivity contribution in [2.45, 2.75) is 13.1 Å². The number of ether oxygens (including phenoxy) is 1. The van der Waals surface area contributed by atoms with E-state index < -0.39 is 0 Å². The molecule has 0 aliphatic carbocycles. The lowest BCUT2D eigenvalue weighted by molar-refractivity contribution is 0.415. The van der Waals surface area contributed by atoms with Gasteiger partial charge >= 0.3 is 0 Å². The summed E-state index contributed by atoms with van der Waals surface area (Å²) >= 11 is 0. The van der Waals surface area contributed by atoms with Gasteiger partial charge in [0.2, 0.25) is 0 Å². The molecule has 5 heteroatoms. The van der Waals surface area contributed by atoms with E-state index in [0.717, 1.165) is 28.1 Å². The fourth-order valence-corrected chi connectivity index (χ4v) is 2.31. The second-order valence-corrected chi connectivity index (χ2v) is 5.03. The Bertz CT molecular complexity index is 732. The predicted octanol–water partition coefficient (Wildman–Crippen LogP) is 2.46. The Hall–Kier alpha value is -2.66. The van der Waals surface area contributed by atoms with E-state index in [1.54, 1.807) is 13.3 Å². The zero-order valence-corrected chi connectivity index (χ0v) is 12.4. The minimum absolute atomic E-state index is 0.556. The Morgan fingerprint density at radius 2 is 1.68 bits per heavy atom. The molecule has 0 saturated heterocycles. The maximum atomic E-state index is 5.62. The lowest BCUT2D eigenvalue weighted by Crippen LogP contribution is -2.04. The summed E-state index contributed by atoms with van der Waals surface area (Å²) in [7, 11) is 1.66. The van der Waals surface area contributed by atoms with Gasteiger partial charge in [0, 0.05) is 12.1 Å². The van der Waals surface area contributed by atoms with E-state index in [4.69, 9.17) is 10.5 Å². The molecule has 0 saturated carbocycles. The smallest absolute Gasteiger partial charge is 0.118 e. The SMILES string of the molecule is COc1ccc(-c2cnnn2Cc2ccc(CN)cc2)cc1. The first kappa shape index (κ1) is 14.3. The van der Waals surface area contributed by atoms with Gasteiger partial charge in [-0.15, -0.1) is 5.10 Å². The van der Waals surface area contributed by atoms with Gasteiger partial charge in [-0.05, 0) is 35.4 Å². The summed E-state index contributed by atoms with van der Waals surface area (Å²) in [5.41, 5.74) is 9.95. The summed E-state index contributed by atoms with van der Waals surface area (Å²) in [6.07, 6.45) is 1.77. The number of rotatable bonds is 5. The van der Waals surface area contributed by atoms with Crippen molar-refractivity contribution in [1.29, 1.82) is 0 Å². The fourth-order valence-electron chi connectivity index (χ4n) is 2.31. The lowest BCUT2D eigenvalue weighted by Gasteiger charge is -2.08. The second-order valence-electron chi connectivity index (χ2n) is 5.03. The summed E-state index contributed by atoms with van der Waals surface area (Å²) in [4.78, 5) is 0.